The van der Waals surface area contributed by atoms with E-state index in [9.17, 15) is 31.2 Å². The second kappa shape index (κ2) is 11.9. The Hall–Kier alpha value is -3.19. The third-order valence-corrected chi connectivity index (χ3v) is 8.10. The minimum atomic E-state index is -4.62. The predicted octanol–water partition coefficient (Wildman–Crippen LogP) is 3.23. The van der Waals surface area contributed by atoms with Crippen molar-refractivity contribution in [3.63, 3.8) is 0 Å². The molecule has 39 heavy (non-hydrogen) atoms. The van der Waals surface area contributed by atoms with E-state index in [1.807, 2.05) is 4.90 Å². The second-order valence-electron chi connectivity index (χ2n) is 10.1. The maximum Gasteiger partial charge on any atom is 0.416 e. The summed E-state index contributed by atoms with van der Waals surface area (Å²) in [5, 5.41) is 8.92. The molecule has 2 amide bonds. The molecule has 4 rings (SSSR count). The molecule has 0 aliphatic carbocycles. The zero-order chi connectivity index (χ0) is 28.2. The minimum absolute atomic E-state index is 0.0202. The van der Waals surface area contributed by atoms with E-state index in [0.29, 0.717) is 38.2 Å². The summed E-state index contributed by atoms with van der Waals surface area (Å²) < 4.78 is 63.7. The number of halogens is 3. The highest BCUT2D eigenvalue weighted by Gasteiger charge is 2.31. The average Bonchev–Trinajstić information content (AvgIpc) is 2.89. The predicted molar refractivity (Wildman–Crippen MR) is 140 cm³/mol. The molecule has 0 unspecified atom stereocenters. The van der Waals surface area contributed by atoms with Crippen LogP contribution in [0.2, 0.25) is 0 Å². The number of pyridine rings is 1. The number of hydrogen-bond acceptors (Lipinski definition) is 7. The molecular weight excluding hydrogens is 535 g/mol. The first-order valence-electron chi connectivity index (χ1n) is 12.8. The van der Waals surface area contributed by atoms with Crippen molar-refractivity contribution in [1.82, 2.24) is 15.6 Å². The van der Waals surface area contributed by atoms with E-state index < -0.39 is 27.5 Å². The van der Waals surface area contributed by atoms with Crippen molar-refractivity contribution in [2.24, 2.45) is 5.92 Å². The zero-order valence-electron chi connectivity index (χ0n) is 21.6. The number of carbonyl (C=O) groups excluding carboxylic acids is 2. The van der Waals surface area contributed by atoms with E-state index >= 15 is 0 Å². The Morgan fingerprint density at radius 1 is 1.15 bits per heavy atom. The van der Waals surface area contributed by atoms with Gasteiger partial charge < -0.3 is 20.9 Å². The molecule has 1 aromatic heterocycles. The lowest BCUT2D eigenvalue weighted by molar-refractivity contribution is -0.137. The molecule has 2 fully saturated rings. The molecule has 3 heterocycles. The van der Waals surface area contributed by atoms with E-state index in [2.05, 4.69) is 20.9 Å². The number of anilines is 2. The van der Waals surface area contributed by atoms with E-state index in [4.69, 9.17) is 0 Å². The summed E-state index contributed by atoms with van der Waals surface area (Å²) in [6, 6.07) is 5.40. The Bertz CT molecular complexity index is 1300. The van der Waals surface area contributed by atoms with Crippen LogP contribution in [-0.4, -0.2) is 63.7 Å². The number of nitrogens with one attached hydrogen (secondary N) is 3. The number of rotatable bonds is 7. The molecule has 2 aliphatic heterocycles. The molecule has 0 bridgehead atoms. The largest absolute Gasteiger partial charge is 0.416 e. The van der Waals surface area contributed by atoms with Crippen molar-refractivity contribution in [1.29, 1.82) is 0 Å². The fourth-order valence-corrected chi connectivity index (χ4v) is 5.47. The van der Waals surface area contributed by atoms with Crippen LogP contribution in [0.5, 0.6) is 0 Å². The van der Waals surface area contributed by atoms with Gasteiger partial charge in [-0.15, -0.1) is 0 Å². The number of amides is 2. The highest BCUT2D eigenvalue weighted by atomic mass is 32.2. The van der Waals surface area contributed by atoms with Crippen molar-refractivity contribution in [2.75, 3.05) is 42.7 Å². The molecule has 1 aromatic carbocycles. The number of sulfone groups is 1. The molecular formula is C26H32F3N5O4S. The van der Waals surface area contributed by atoms with E-state index in [-0.39, 0.29) is 34.0 Å². The van der Waals surface area contributed by atoms with Gasteiger partial charge in [-0.2, -0.15) is 13.2 Å². The highest BCUT2D eigenvalue weighted by Crippen LogP contribution is 2.32. The van der Waals surface area contributed by atoms with Gasteiger partial charge in [0.05, 0.1) is 16.1 Å². The third-order valence-electron chi connectivity index (χ3n) is 7.02. The van der Waals surface area contributed by atoms with Crippen molar-refractivity contribution in [3.05, 3.63) is 47.7 Å². The van der Waals surface area contributed by atoms with Crippen molar-refractivity contribution in [2.45, 2.75) is 49.2 Å². The zero-order valence-corrected chi connectivity index (χ0v) is 22.4. The van der Waals surface area contributed by atoms with Crippen molar-refractivity contribution >= 4 is 33.2 Å². The van der Waals surface area contributed by atoms with Crippen LogP contribution in [0.1, 0.15) is 48.0 Å². The molecule has 212 valence electrons. The van der Waals surface area contributed by atoms with Crippen LogP contribution in [-0.2, 0) is 20.8 Å². The van der Waals surface area contributed by atoms with Crippen molar-refractivity contribution < 1.29 is 31.2 Å². The topological polar surface area (TPSA) is 120 Å². The molecule has 3 N–H and O–H groups in total. The molecule has 1 atom stereocenters. The molecule has 0 radical (unpaired) electrons. The number of aromatic nitrogens is 1. The van der Waals surface area contributed by atoms with Crippen molar-refractivity contribution in [3.8, 4) is 0 Å². The first-order chi connectivity index (χ1) is 18.4. The maximum absolute atomic E-state index is 13.1. The number of piperidine rings is 2. The highest BCUT2D eigenvalue weighted by molar-refractivity contribution is 7.90. The lowest BCUT2D eigenvalue weighted by Crippen LogP contribution is -2.46. The lowest BCUT2D eigenvalue weighted by atomic mass is 9.93. The van der Waals surface area contributed by atoms with Gasteiger partial charge in [-0.25, -0.2) is 13.4 Å². The molecule has 9 nitrogen and oxygen atoms in total. The smallest absolute Gasteiger partial charge is 0.355 e. The van der Waals surface area contributed by atoms with Crippen LogP contribution in [0.4, 0.5) is 24.7 Å². The number of alkyl halides is 3. The van der Waals surface area contributed by atoms with E-state index in [1.54, 1.807) is 0 Å². The first kappa shape index (κ1) is 28.8. The molecule has 0 saturated carbocycles. The van der Waals surface area contributed by atoms with Crippen LogP contribution in [0.3, 0.4) is 0 Å². The summed E-state index contributed by atoms with van der Waals surface area (Å²) in [6.07, 6.45) is 1.35. The van der Waals surface area contributed by atoms with Crippen LogP contribution >= 0.6 is 0 Å². The monoisotopic (exact) mass is 567 g/mol. The number of hydrogen-bond donors (Lipinski definition) is 3. The number of nitrogens with zero attached hydrogens (tertiary/aromatic N) is 2. The van der Waals surface area contributed by atoms with Crippen LogP contribution < -0.4 is 20.9 Å². The standard InChI is InChI=1S/C26H32F3N5O4S/c1-39(37,38)21-14-22(33-25(36)18-4-2-5-19(13-18)26(27,28)29)24(31-16-21)34-10-7-17(8-11-34)12-23(35)32-20-6-3-9-30-15-20/h2,4-5,13-14,16-17,20,30H,3,6-12,15H2,1H3,(H,32,35)(H,33,36)/t20-/m1/s1. The Kier molecular flexibility index (Phi) is 8.80. The third kappa shape index (κ3) is 7.69. The average molecular weight is 568 g/mol. The summed E-state index contributed by atoms with van der Waals surface area (Å²) >= 11 is 0. The van der Waals surface area contributed by atoms with Gasteiger partial charge in [0.2, 0.25) is 5.91 Å². The Labute approximate surface area is 225 Å². The maximum atomic E-state index is 13.1. The Morgan fingerprint density at radius 2 is 1.90 bits per heavy atom. The number of carbonyl (C=O) groups is 2. The summed E-state index contributed by atoms with van der Waals surface area (Å²) in [5.41, 5.74) is -1.11. The quantitative estimate of drug-likeness (QED) is 0.470. The normalized spacial score (nSPS) is 19.0. The van der Waals surface area contributed by atoms with Gasteiger partial charge in [0, 0.05) is 50.1 Å². The Balaban J connectivity index is 1.46. The molecule has 2 aliphatic rings. The summed E-state index contributed by atoms with van der Waals surface area (Å²) in [7, 11) is -3.66. The van der Waals surface area contributed by atoms with E-state index in [1.165, 1.54) is 18.3 Å². The molecule has 2 aromatic rings. The summed E-state index contributed by atoms with van der Waals surface area (Å²) in [6.45, 7) is 2.77. The van der Waals surface area contributed by atoms with Gasteiger partial charge in [0.1, 0.15) is 0 Å². The van der Waals surface area contributed by atoms with Crippen LogP contribution in [0.25, 0.3) is 0 Å². The van der Waals surface area contributed by atoms with Gasteiger partial charge in [0.15, 0.2) is 15.7 Å². The molecule has 2 saturated heterocycles. The van der Waals surface area contributed by atoms with Gasteiger partial charge in [-0.3, -0.25) is 9.59 Å². The SMILES string of the molecule is CS(=O)(=O)c1cnc(N2CCC(CC(=O)N[C@@H]3CCCNC3)CC2)c(NC(=O)c2cccc(C(F)(F)F)c2)c1. The van der Waals surface area contributed by atoms with Gasteiger partial charge >= 0.3 is 6.18 Å². The lowest BCUT2D eigenvalue weighted by Gasteiger charge is -2.34. The van der Waals surface area contributed by atoms with Crippen LogP contribution in [0.15, 0.2) is 41.4 Å². The Morgan fingerprint density at radius 3 is 2.54 bits per heavy atom. The van der Waals surface area contributed by atoms with Gasteiger partial charge in [-0.1, -0.05) is 6.07 Å². The fourth-order valence-electron chi connectivity index (χ4n) is 4.89. The van der Waals surface area contributed by atoms with Gasteiger partial charge in [-0.05, 0) is 62.4 Å². The van der Waals surface area contributed by atoms with Crippen LogP contribution in [0, 0.1) is 5.92 Å². The fraction of sp³-hybridized carbons (Fsp3) is 0.500. The summed E-state index contributed by atoms with van der Waals surface area (Å²) in [5.74, 6) is -0.319. The minimum Gasteiger partial charge on any atom is -0.355 e. The van der Waals surface area contributed by atoms with E-state index in [0.717, 1.165) is 50.4 Å². The second-order valence-corrected chi connectivity index (χ2v) is 12.1. The molecule has 0 spiro atoms. The first-order valence-corrected chi connectivity index (χ1v) is 14.7. The van der Waals surface area contributed by atoms with Gasteiger partial charge in [0.25, 0.3) is 5.91 Å². The number of benzene rings is 1. The molecule has 13 heteroatoms. The summed E-state index contributed by atoms with van der Waals surface area (Å²) in [4.78, 5) is 31.5.